The minimum Gasteiger partial charge on any atom is -0.493 e. The van der Waals surface area contributed by atoms with E-state index in [1.165, 1.54) is 17.7 Å². The second-order valence-electron chi connectivity index (χ2n) is 8.49. The number of piperazine rings is 1. The van der Waals surface area contributed by atoms with Crippen LogP contribution < -0.4 is 14.2 Å². The topological polar surface area (TPSA) is 54.5 Å². The first-order valence-corrected chi connectivity index (χ1v) is 11.2. The lowest BCUT2D eigenvalue weighted by Crippen LogP contribution is -2.50. The largest absolute Gasteiger partial charge is 0.493 e. The summed E-state index contributed by atoms with van der Waals surface area (Å²) >= 11 is 0. The van der Waals surface area contributed by atoms with Gasteiger partial charge in [0.15, 0.2) is 11.5 Å². The van der Waals surface area contributed by atoms with E-state index in [1.54, 1.807) is 26.4 Å². The minimum absolute atomic E-state index is 0.0853. The lowest BCUT2D eigenvalue weighted by molar-refractivity contribution is -0.134. The van der Waals surface area contributed by atoms with Crippen molar-refractivity contribution < 1.29 is 27.8 Å². The van der Waals surface area contributed by atoms with E-state index in [2.05, 4.69) is 16.6 Å². The summed E-state index contributed by atoms with van der Waals surface area (Å²) < 4.78 is 39.7. The molecule has 186 valence electrons. The molecule has 0 atom stereocenters. The van der Waals surface area contributed by atoms with E-state index in [1.807, 2.05) is 29.0 Å². The molecule has 1 aliphatic heterocycles. The maximum atomic E-state index is 12.8. The van der Waals surface area contributed by atoms with Crippen molar-refractivity contribution in [2.45, 2.75) is 26.6 Å². The molecule has 9 heteroatoms. The van der Waals surface area contributed by atoms with Gasteiger partial charge in [0, 0.05) is 39.3 Å². The molecule has 1 saturated heterocycles. The molecule has 7 nitrogen and oxygen atoms in total. The normalized spacial score (nSPS) is 14.5. The first-order chi connectivity index (χ1) is 16.3. The van der Waals surface area contributed by atoms with Crippen molar-refractivity contribution in [1.82, 2.24) is 14.7 Å². The summed E-state index contributed by atoms with van der Waals surface area (Å²) in [6, 6.07) is 10.5. The molecule has 2 aromatic carbocycles. The Morgan fingerprint density at radius 1 is 1.03 bits per heavy atom. The highest BCUT2D eigenvalue weighted by molar-refractivity contribution is 5.78. The van der Waals surface area contributed by atoms with Crippen LogP contribution in [0.3, 0.4) is 0 Å². The van der Waals surface area contributed by atoms with E-state index in [0.29, 0.717) is 26.2 Å². The quantitative estimate of drug-likeness (QED) is 0.523. The molecule has 0 bridgehead atoms. The Bertz CT molecular complexity index is 948. The molecule has 0 aliphatic carbocycles. The Kier molecular flexibility index (Phi) is 9.06. The number of nitrogens with zero attached hydrogens (tertiary/aromatic N) is 3. The van der Waals surface area contributed by atoms with E-state index in [-0.39, 0.29) is 11.7 Å². The predicted octanol–water partition coefficient (Wildman–Crippen LogP) is 3.39. The van der Waals surface area contributed by atoms with Crippen LogP contribution in [0.5, 0.6) is 17.2 Å². The van der Waals surface area contributed by atoms with Gasteiger partial charge in [0.25, 0.3) is 0 Å². The van der Waals surface area contributed by atoms with Crippen LogP contribution in [0.2, 0.25) is 0 Å². The molecule has 1 aliphatic rings. The van der Waals surface area contributed by atoms with E-state index in [4.69, 9.17) is 9.47 Å². The van der Waals surface area contributed by atoms with Crippen LogP contribution in [0.1, 0.15) is 16.7 Å². The second kappa shape index (κ2) is 12.0. The SMILES string of the molecule is COc1cc(C)c(CN2CCN(C(=O)CN(C)Cc3ccc(OC(F)F)cc3)CC2)cc1OC. The van der Waals surface area contributed by atoms with Crippen LogP contribution in [-0.2, 0) is 17.9 Å². The molecular weight excluding hydrogens is 444 g/mol. The van der Waals surface area contributed by atoms with Crippen molar-refractivity contribution in [3.8, 4) is 17.2 Å². The van der Waals surface area contributed by atoms with Gasteiger partial charge in [0.05, 0.1) is 20.8 Å². The van der Waals surface area contributed by atoms with E-state index in [0.717, 1.165) is 42.3 Å². The summed E-state index contributed by atoms with van der Waals surface area (Å²) in [5, 5.41) is 0. The number of hydrogen-bond donors (Lipinski definition) is 0. The molecule has 0 N–H and O–H groups in total. The average Bonchev–Trinajstić information content (AvgIpc) is 2.81. The number of aryl methyl sites for hydroxylation is 1. The lowest BCUT2D eigenvalue weighted by Gasteiger charge is -2.35. The second-order valence-corrected chi connectivity index (χ2v) is 8.49. The van der Waals surface area contributed by atoms with Crippen LogP contribution >= 0.6 is 0 Å². The number of carbonyl (C=O) groups is 1. The molecule has 34 heavy (non-hydrogen) atoms. The molecule has 1 heterocycles. The highest BCUT2D eigenvalue weighted by Gasteiger charge is 2.23. The monoisotopic (exact) mass is 477 g/mol. The summed E-state index contributed by atoms with van der Waals surface area (Å²) in [4.78, 5) is 18.9. The zero-order valence-electron chi connectivity index (χ0n) is 20.2. The number of likely N-dealkylation sites (N-methyl/N-ethyl adjacent to an activating group) is 1. The number of benzene rings is 2. The van der Waals surface area contributed by atoms with Gasteiger partial charge >= 0.3 is 6.61 Å². The van der Waals surface area contributed by atoms with Gasteiger partial charge in [-0.1, -0.05) is 12.1 Å². The molecule has 3 rings (SSSR count). The molecule has 1 amide bonds. The fourth-order valence-electron chi connectivity index (χ4n) is 4.06. The molecule has 0 radical (unpaired) electrons. The van der Waals surface area contributed by atoms with Crippen LogP contribution in [0.15, 0.2) is 36.4 Å². The van der Waals surface area contributed by atoms with Gasteiger partial charge in [-0.15, -0.1) is 0 Å². The molecule has 0 aromatic heterocycles. The average molecular weight is 478 g/mol. The zero-order chi connectivity index (χ0) is 24.7. The summed E-state index contributed by atoms with van der Waals surface area (Å²) in [6.45, 7) is 3.81. The standard InChI is InChI=1S/C25H33F2N3O4/c1-18-13-22(32-3)23(33-4)14-20(18)16-29-9-11-30(12-10-29)24(31)17-28(2)15-19-5-7-21(8-6-19)34-25(26)27/h5-8,13-14,25H,9-12,15-17H2,1-4H3. The predicted molar refractivity (Wildman–Crippen MR) is 126 cm³/mol. The third-order valence-corrected chi connectivity index (χ3v) is 5.97. The van der Waals surface area contributed by atoms with Crippen molar-refractivity contribution in [3.63, 3.8) is 0 Å². The van der Waals surface area contributed by atoms with Gasteiger partial charge in [-0.25, -0.2) is 0 Å². The van der Waals surface area contributed by atoms with Crippen molar-refractivity contribution in [1.29, 1.82) is 0 Å². The van der Waals surface area contributed by atoms with Crippen LogP contribution in [0.4, 0.5) is 8.78 Å². The van der Waals surface area contributed by atoms with Crippen molar-refractivity contribution in [2.24, 2.45) is 0 Å². The number of rotatable bonds is 10. The number of methoxy groups -OCH3 is 2. The first kappa shape index (κ1) is 25.7. The number of carbonyl (C=O) groups excluding carboxylic acids is 1. The maximum Gasteiger partial charge on any atom is 0.387 e. The minimum atomic E-state index is -2.84. The van der Waals surface area contributed by atoms with Crippen molar-refractivity contribution >= 4 is 5.91 Å². The number of halogens is 2. The van der Waals surface area contributed by atoms with Gasteiger partial charge in [-0.05, 0) is 54.9 Å². The van der Waals surface area contributed by atoms with Gasteiger partial charge in [0.1, 0.15) is 5.75 Å². The summed E-state index contributed by atoms with van der Waals surface area (Å²) in [7, 11) is 5.14. The highest BCUT2D eigenvalue weighted by Crippen LogP contribution is 2.31. The molecule has 0 saturated carbocycles. The molecule has 0 unspecified atom stereocenters. The Labute approximate surface area is 199 Å². The van der Waals surface area contributed by atoms with E-state index >= 15 is 0 Å². The zero-order valence-corrected chi connectivity index (χ0v) is 20.2. The number of amides is 1. The Hall–Kier alpha value is -2.91. The number of hydrogen-bond acceptors (Lipinski definition) is 6. The fourth-order valence-corrected chi connectivity index (χ4v) is 4.06. The van der Waals surface area contributed by atoms with Gasteiger partial charge in [-0.2, -0.15) is 8.78 Å². The van der Waals surface area contributed by atoms with Crippen LogP contribution in [0, 0.1) is 6.92 Å². The maximum absolute atomic E-state index is 12.8. The Morgan fingerprint density at radius 2 is 1.65 bits per heavy atom. The van der Waals surface area contributed by atoms with Crippen molar-refractivity contribution in [2.75, 3.05) is 54.0 Å². The van der Waals surface area contributed by atoms with Crippen LogP contribution in [0.25, 0.3) is 0 Å². The molecule has 0 spiro atoms. The summed E-state index contributed by atoms with van der Waals surface area (Å²) in [5.74, 6) is 1.65. The van der Waals surface area contributed by atoms with Gasteiger partial charge in [0.2, 0.25) is 5.91 Å². The van der Waals surface area contributed by atoms with Gasteiger partial charge in [-0.3, -0.25) is 14.6 Å². The van der Waals surface area contributed by atoms with Crippen molar-refractivity contribution in [3.05, 3.63) is 53.1 Å². The van der Waals surface area contributed by atoms with Gasteiger partial charge < -0.3 is 19.1 Å². The smallest absolute Gasteiger partial charge is 0.387 e. The molecular formula is C25H33F2N3O4. The van der Waals surface area contributed by atoms with E-state index < -0.39 is 6.61 Å². The highest BCUT2D eigenvalue weighted by atomic mass is 19.3. The Balaban J connectivity index is 1.46. The third kappa shape index (κ3) is 7.04. The third-order valence-electron chi connectivity index (χ3n) is 5.97. The fraction of sp³-hybridized carbons (Fsp3) is 0.480. The molecule has 1 fully saturated rings. The first-order valence-electron chi connectivity index (χ1n) is 11.2. The number of alkyl halides is 2. The number of ether oxygens (including phenoxy) is 3. The summed E-state index contributed by atoms with van der Waals surface area (Å²) in [6.07, 6.45) is 0. The van der Waals surface area contributed by atoms with Crippen LogP contribution in [-0.4, -0.2) is 81.2 Å². The lowest BCUT2D eigenvalue weighted by atomic mass is 10.1. The van der Waals surface area contributed by atoms with E-state index in [9.17, 15) is 13.6 Å². The Morgan fingerprint density at radius 3 is 2.24 bits per heavy atom. The summed E-state index contributed by atoms with van der Waals surface area (Å²) in [5.41, 5.74) is 3.25. The molecule has 2 aromatic rings.